The zero-order valence-corrected chi connectivity index (χ0v) is 14.8. The van der Waals surface area contributed by atoms with Crippen LogP contribution in [0.2, 0.25) is 0 Å². The fraction of sp³-hybridized carbons (Fsp3) is 0.125. The minimum atomic E-state index is 0.236. The summed E-state index contributed by atoms with van der Waals surface area (Å²) in [4.78, 5) is 0. The van der Waals surface area contributed by atoms with Gasteiger partial charge in [-0.25, -0.2) is 0 Å². The molecule has 0 heterocycles. The highest BCUT2D eigenvalue weighted by atomic mass is 16.3. The number of para-hydroxylation sites is 1. The van der Waals surface area contributed by atoms with E-state index in [2.05, 4.69) is 6.07 Å². The van der Waals surface area contributed by atoms with Gasteiger partial charge in [-0.2, -0.15) is 5.26 Å². The normalized spacial score (nSPS) is 13.6. The molecule has 0 fully saturated rings. The third kappa shape index (κ3) is 3.18. The molecule has 0 atom stereocenters. The molecule has 1 aliphatic carbocycles. The molecule has 0 radical (unpaired) electrons. The van der Waals surface area contributed by atoms with E-state index in [-0.39, 0.29) is 11.5 Å². The minimum absolute atomic E-state index is 0.236. The quantitative estimate of drug-likeness (QED) is 0.660. The molecule has 0 bridgehead atoms. The molecule has 0 amide bonds. The van der Waals surface area contributed by atoms with Crippen LogP contribution >= 0.6 is 0 Å². The van der Waals surface area contributed by atoms with Crippen LogP contribution in [0, 0.1) is 11.3 Å². The van der Waals surface area contributed by atoms with Crippen LogP contribution in [-0.2, 0) is 6.42 Å². The van der Waals surface area contributed by atoms with Gasteiger partial charge in [-0.3, -0.25) is 0 Å². The van der Waals surface area contributed by atoms with Gasteiger partial charge < -0.3 is 10.2 Å². The van der Waals surface area contributed by atoms with Gasteiger partial charge in [-0.05, 0) is 77.4 Å². The summed E-state index contributed by atoms with van der Waals surface area (Å²) in [6.07, 6.45) is 2.66. The Labute approximate surface area is 158 Å². The number of fused-ring (bicyclic) bond motifs is 1. The number of aryl methyl sites for hydroxylation is 1. The summed E-state index contributed by atoms with van der Waals surface area (Å²) in [6.45, 7) is 0. The van der Waals surface area contributed by atoms with Gasteiger partial charge in [0.2, 0.25) is 0 Å². The van der Waals surface area contributed by atoms with Gasteiger partial charge in [-0.1, -0.05) is 36.4 Å². The predicted octanol–water partition coefficient (Wildman–Crippen LogP) is 5.26. The number of rotatable bonds is 2. The van der Waals surface area contributed by atoms with Crippen LogP contribution in [0.3, 0.4) is 0 Å². The number of nitrogens with zero attached hydrogens (tertiary/aromatic N) is 1. The van der Waals surface area contributed by atoms with Crippen molar-refractivity contribution in [2.24, 2.45) is 0 Å². The van der Waals surface area contributed by atoms with Crippen molar-refractivity contribution in [3.05, 3.63) is 94.5 Å². The fourth-order valence-corrected chi connectivity index (χ4v) is 3.80. The first kappa shape index (κ1) is 16.9. The van der Waals surface area contributed by atoms with E-state index in [0.29, 0.717) is 5.56 Å². The van der Waals surface area contributed by atoms with Gasteiger partial charge >= 0.3 is 0 Å². The Hall–Kier alpha value is -3.51. The van der Waals surface area contributed by atoms with Crippen molar-refractivity contribution in [3.63, 3.8) is 0 Å². The molecule has 0 unspecified atom stereocenters. The third-order valence-electron chi connectivity index (χ3n) is 5.07. The Morgan fingerprint density at radius 3 is 2.33 bits per heavy atom. The lowest BCUT2D eigenvalue weighted by Crippen LogP contribution is -1.96. The molecule has 0 spiro atoms. The number of phenolic OH excluding ortho intramolecular Hbond substituents is 2. The first-order valence-electron chi connectivity index (χ1n) is 9.01. The first-order chi connectivity index (χ1) is 13.2. The topological polar surface area (TPSA) is 64.2 Å². The van der Waals surface area contributed by atoms with Crippen molar-refractivity contribution in [2.45, 2.75) is 19.3 Å². The average molecular weight is 353 g/mol. The van der Waals surface area contributed by atoms with E-state index in [1.807, 2.05) is 54.6 Å². The number of aromatic hydroxyl groups is 2. The maximum absolute atomic E-state index is 10.6. The Morgan fingerprint density at radius 2 is 1.59 bits per heavy atom. The van der Waals surface area contributed by atoms with Crippen LogP contribution in [-0.4, -0.2) is 10.2 Å². The molecule has 27 heavy (non-hydrogen) atoms. The van der Waals surface area contributed by atoms with Gasteiger partial charge in [-0.15, -0.1) is 0 Å². The lowest BCUT2D eigenvalue weighted by atomic mass is 9.87. The summed E-state index contributed by atoms with van der Waals surface area (Å²) in [5, 5.41) is 29.6. The third-order valence-corrected chi connectivity index (χ3v) is 5.07. The SMILES string of the molecule is N#Cc1ccc(C2=C(c3ccccc3O)c3ccc(O)cc3CCC2)cc1. The number of allylic oxidation sites excluding steroid dienone is 1. The highest BCUT2D eigenvalue weighted by molar-refractivity contribution is 6.01. The molecule has 3 aromatic carbocycles. The van der Waals surface area contributed by atoms with Gasteiger partial charge in [0.1, 0.15) is 11.5 Å². The van der Waals surface area contributed by atoms with Crippen LogP contribution in [0.4, 0.5) is 0 Å². The van der Waals surface area contributed by atoms with E-state index >= 15 is 0 Å². The van der Waals surface area contributed by atoms with Crippen molar-refractivity contribution in [1.82, 2.24) is 0 Å². The first-order valence-corrected chi connectivity index (χ1v) is 9.01. The Bertz CT molecular complexity index is 1070. The van der Waals surface area contributed by atoms with E-state index in [0.717, 1.165) is 52.7 Å². The number of phenols is 2. The highest BCUT2D eigenvalue weighted by Gasteiger charge is 2.22. The molecule has 3 nitrogen and oxygen atoms in total. The summed E-state index contributed by atoms with van der Waals surface area (Å²) < 4.78 is 0. The van der Waals surface area contributed by atoms with Crippen LogP contribution in [0.15, 0.2) is 66.7 Å². The van der Waals surface area contributed by atoms with Crippen LogP contribution in [0.1, 0.15) is 40.7 Å². The van der Waals surface area contributed by atoms with Gasteiger partial charge in [0.05, 0.1) is 11.6 Å². The van der Waals surface area contributed by atoms with Gasteiger partial charge in [0.25, 0.3) is 0 Å². The maximum Gasteiger partial charge on any atom is 0.123 e. The second kappa shape index (κ2) is 7.01. The van der Waals surface area contributed by atoms with Crippen LogP contribution in [0.25, 0.3) is 11.1 Å². The minimum Gasteiger partial charge on any atom is -0.508 e. The summed E-state index contributed by atoms with van der Waals surface area (Å²) in [5.74, 6) is 0.492. The van der Waals surface area contributed by atoms with Crippen molar-refractivity contribution in [3.8, 4) is 17.6 Å². The van der Waals surface area contributed by atoms with Crippen LogP contribution < -0.4 is 0 Å². The largest absolute Gasteiger partial charge is 0.508 e. The molecule has 0 saturated carbocycles. The smallest absolute Gasteiger partial charge is 0.123 e. The predicted molar refractivity (Wildman–Crippen MR) is 106 cm³/mol. The molecule has 2 N–H and O–H groups in total. The standard InChI is InChI=1S/C24H19NO2/c25-15-16-8-10-17(11-9-16)20-6-3-4-18-14-19(26)12-13-21(18)24(20)22-5-1-2-7-23(22)27/h1-2,5,7-14,26-27H,3-4,6H2. The second-order valence-corrected chi connectivity index (χ2v) is 6.75. The van der Waals surface area contributed by atoms with E-state index in [9.17, 15) is 10.2 Å². The highest BCUT2D eigenvalue weighted by Crippen LogP contribution is 2.42. The zero-order chi connectivity index (χ0) is 18.8. The molecular weight excluding hydrogens is 334 g/mol. The van der Waals surface area contributed by atoms with E-state index < -0.39 is 0 Å². The van der Waals surface area contributed by atoms with Gasteiger partial charge in [0, 0.05) is 5.56 Å². The number of hydrogen-bond donors (Lipinski definition) is 2. The molecule has 3 aromatic rings. The van der Waals surface area contributed by atoms with E-state index in [4.69, 9.17) is 5.26 Å². The van der Waals surface area contributed by atoms with Crippen LogP contribution in [0.5, 0.6) is 11.5 Å². The summed E-state index contributed by atoms with van der Waals surface area (Å²) in [5.41, 5.74) is 6.71. The number of hydrogen-bond acceptors (Lipinski definition) is 3. The molecule has 4 rings (SSSR count). The Morgan fingerprint density at radius 1 is 0.815 bits per heavy atom. The van der Waals surface area contributed by atoms with Crippen molar-refractivity contribution < 1.29 is 10.2 Å². The van der Waals surface area contributed by atoms with Crippen molar-refractivity contribution in [2.75, 3.05) is 0 Å². The molecule has 3 heteroatoms. The summed E-state index contributed by atoms with van der Waals surface area (Å²) in [7, 11) is 0. The lowest BCUT2D eigenvalue weighted by Gasteiger charge is -2.17. The van der Waals surface area contributed by atoms with Crippen molar-refractivity contribution >= 4 is 11.1 Å². The molecule has 132 valence electrons. The van der Waals surface area contributed by atoms with Gasteiger partial charge in [0.15, 0.2) is 0 Å². The monoisotopic (exact) mass is 353 g/mol. The molecule has 1 aliphatic rings. The molecule has 0 aliphatic heterocycles. The second-order valence-electron chi connectivity index (χ2n) is 6.75. The maximum atomic E-state index is 10.6. The molecular formula is C24H19NO2. The Kier molecular flexibility index (Phi) is 4.40. The fourth-order valence-electron chi connectivity index (χ4n) is 3.80. The average Bonchev–Trinajstić information content (AvgIpc) is 2.87. The number of benzene rings is 3. The number of nitriles is 1. The zero-order valence-electron chi connectivity index (χ0n) is 14.8. The summed E-state index contributed by atoms with van der Waals surface area (Å²) in [6, 6.07) is 22.6. The molecule has 0 saturated heterocycles. The van der Waals surface area contributed by atoms with Crippen molar-refractivity contribution in [1.29, 1.82) is 5.26 Å². The van der Waals surface area contributed by atoms with E-state index in [1.54, 1.807) is 12.1 Å². The van der Waals surface area contributed by atoms with E-state index in [1.165, 1.54) is 0 Å². The summed E-state index contributed by atoms with van der Waals surface area (Å²) >= 11 is 0. The Balaban J connectivity index is 2.02. The molecule has 0 aromatic heterocycles. The lowest BCUT2D eigenvalue weighted by molar-refractivity contribution is 0.473.